The lowest BCUT2D eigenvalue weighted by atomic mass is 9.86. The highest BCUT2D eigenvalue weighted by Gasteiger charge is 2.23. The molecule has 1 fully saturated rings. The summed E-state index contributed by atoms with van der Waals surface area (Å²) in [5.74, 6) is -0.0152. The number of nitrogens with one attached hydrogen (secondary N) is 1. The van der Waals surface area contributed by atoms with Crippen molar-refractivity contribution in [2.45, 2.75) is 43.5 Å². The van der Waals surface area contributed by atoms with E-state index in [2.05, 4.69) is 12.2 Å². The van der Waals surface area contributed by atoms with Crippen LogP contribution in [0.4, 0.5) is 0 Å². The number of hydrogen-bond donors (Lipinski definition) is 1. The second kappa shape index (κ2) is 9.47. The lowest BCUT2D eigenvalue weighted by Crippen LogP contribution is -2.43. The van der Waals surface area contributed by atoms with Gasteiger partial charge in [0.05, 0.1) is 5.75 Å². The van der Waals surface area contributed by atoms with Crippen LogP contribution in [0.15, 0.2) is 41.3 Å². The number of carbonyl (C=O) groups excluding carboxylic acids is 2. The van der Waals surface area contributed by atoms with E-state index >= 15 is 0 Å². The van der Waals surface area contributed by atoms with E-state index < -0.39 is 5.97 Å². The summed E-state index contributed by atoms with van der Waals surface area (Å²) in [5.41, 5.74) is 0. The molecule has 4 nitrogen and oxygen atoms in total. The number of hydrogen-bond acceptors (Lipinski definition) is 4. The van der Waals surface area contributed by atoms with Gasteiger partial charge in [-0.1, -0.05) is 55.6 Å². The minimum atomic E-state index is -0.407. The molecule has 2 aromatic rings. The first-order chi connectivity index (χ1) is 13.0. The molecule has 0 bridgehead atoms. The van der Waals surface area contributed by atoms with Gasteiger partial charge in [-0.3, -0.25) is 9.59 Å². The summed E-state index contributed by atoms with van der Waals surface area (Å²) in [6, 6.07) is 11.8. The second-order valence-electron chi connectivity index (χ2n) is 6.98. The van der Waals surface area contributed by atoms with Crippen molar-refractivity contribution in [3.05, 3.63) is 41.4 Å². The smallest absolute Gasteiger partial charge is 0.316 e. The molecule has 0 saturated heterocycles. The molecule has 2 aromatic carbocycles. The first-order valence-corrected chi connectivity index (χ1v) is 10.7. The molecule has 1 aliphatic rings. The Morgan fingerprint density at radius 3 is 2.70 bits per heavy atom. The van der Waals surface area contributed by atoms with Crippen molar-refractivity contribution >= 4 is 46.0 Å². The number of amides is 1. The summed E-state index contributed by atoms with van der Waals surface area (Å²) in [6.45, 7) is 1.93. The summed E-state index contributed by atoms with van der Waals surface area (Å²) >= 11 is 7.67. The molecule has 1 N–H and O–H groups in total. The molecule has 27 heavy (non-hydrogen) atoms. The van der Waals surface area contributed by atoms with E-state index in [0.717, 1.165) is 34.9 Å². The second-order valence-corrected chi connectivity index (χ2v) is 8.40. The molecule has 1 amide bonds. The van der Waals surface area contributed by atoms with Crippen LogP contribution >= 0.6 is 23.4 Å². The van der Waals surface area contributed by atoms with E-state index in [0.29, 0.717) is 10.9 Å². The van der Waals surface area contributed by atoms with Crippen molar-refractivity contribution in [2.75, 3.05) is 12.4 Å². The van der Waals surface area contributed by atoms with Crippen LogP contribution in [-0.4, -0.2) is 30.3 Å². The minimum absolute atomic E-state index is 0.136. The van der Waals surface area contributed by atoms with Crippen molar-refractivity contribution < 1.29 is 14.3 Å². The standard InChI is InChI=1S/C21H24ClNO3S/c1-14-6-2-3-10-17(14)23-19(24)12-26-20(25)13-27-18-11-5-8-15-7-4-9-16(22)21(15)18/h4-5,7-9,11,14,17H,2-3,6,10,12-13H2,1H3,(H,23,24)/t14-,17+/m0/s1. The van der Waals surface area contributed by atoms with E-state index in [1.54, 1.807) is 0 Å². The van der Waals surface area contributed by atoms with Gasteiger partial charge in [-0.25, -0.2) is 0 Å². The summed E-state index contributed by atoms with van der Waals surface area (Å²) < 4.78 is 5.14. The maximum atomic E-state index is 12.0. The zero-order valence-electron chi connectivity index (χ0n) is 15.4. The number of rotatable bonds is 6. The highest BCUT2D eigenvalue weighted by atomic mass is 35.5. The lowest BCUT2D eigenvalue weighted by molar-refractivity contribution is -0.146. The van der Waals surface area contributed by atoms with Crippen molar-refractivity contribution in [2.24, 2.45) is 5.92 Å². The molecule has 0 radical (unpaired) electrons. The number of halogens is 1. The molecule has 0 aliphatic heterocycles. The first kappa shape index (κ1) is 20.0. The van der Waals surface area contributed by atoms with Crippen molar-refractivity contribution in [1.29, 1.82) is 0 Å². The normalized spacial score (nSPS) is 19.6. The lowest BCUT2D eigenvalue weighted by Gasteiger charge is -2.29. The quantitative estimate of drug-likeness (QED) is 0.552. The van der Waals surface area contributed by atoms with Crippen molar-refractivity contribution in [1.82, 2.24) is 5.32 Å². The van der Waals surface area contributed by atoms with Gasteiger partial charge in [0.1, 0.15) is 0 Å². The number of benzene rings is 2. The van der Waals surface area contributed by atoms with Crippen LogP contribution in [0, 0.1) is 5.92 Å². The van der Waals surface area contributed by atoms with E-state index in [1.807, 2.05) is 36.4 Å². The van der Waals surface area contributed by atoms with Gasteiger partial charge < -0.3 is 10.1 Å². The highest BCUT2D eigenvalue weighted by Crippen LogP contribution is 2.33. The number of esters is 1. The number of ether oxygens (including phenoxy) is 1. The molecule has 3 rings (SSSR count). The fourth-order valence-corrected chi connectivity index (χ4v) is 4.73. The van der Waals surface area contributed by atoms with Gasteiger partial charge in [0.15, 0.2) is 6.61 Å². The number of fused-ring (bicyclic) bond motifs is 1. The molecule has 0 aromatic heterocycles. The SMILES string of the molecule is C[C@H]1CCCC[C@H]1NC(=O)COC(=O)CSc1cccc2cccc(Cl)c12. The number of carbonyl (C=O) groups is 2. The first-order valence-electron chi connectivity index (χ1n) is 9.29. The topological polar surface area (TPSA) is 55.4 Å². The Bertz CT molecular complexity index is 821. The molecule has 0 heterocycles. The van der Waals surface area contributed by atoms with Gasteiger partial charge >= 0.3 is 5.97 Å². The summed E-state index contributed by atoms with van der Waals surface area (Å²) in [7, 11) is 0. The van der Waals surface area contributed by atoms with Gasteiger partial charge in [-0.05, 0) is 36.3 Å². The molecule has 1 aliphatic carbocycles. The Hall–Kier alpha value is -1.72. The molecular formula is C21H24ClNO3S. The predicted octanol–water partition coefficient (Wildman–Crippen LogP) is 4.82. The van der Waals surface area contributed by atoms with Gasteiger partial charge in [0.2, 0.25) is 0 Å². The Labute approximate surface area is 169 Å². The fourth-order valence-electron chi connectivity index (χ4n) is 3.49. The highest BCUT2D eigenvalue weighted by molar-refractivity contribution is 8.00. The van der Waals surface area contributed by atoms with Crippen LogP contribution in [0.25, 0.3) is 10.8 Å². The van der Waals surface area contributed by atoms with Gasteiger partial charge in [0.25, 0.3) is 5.91 Å². The maximum Gasteiger partial charge on any atom is 0.316 e. The van der Waals surface area contributed by atoms with E-state index in [4.69, 9.17) is 16.3 Å². The Balaban J connectivity index is 1.48. The fraction of sp³-hybridized carbons (Fsp3) is 0.429. The minimum Gasteiger partial charge on any atom is -0.455 e. The Morgan fingerprint density at radius 1 is 1.19 bits per heavy atom. The van der Waals surface area contributed by atoms with Crippen LogP contribution < -0.4 is 5.32 Å². The van der Waals surface area contributed by atoms with Crippen molar-refractivity contribution in [3.8, 4) is 0 Å². The predicted molar refractivity (Wildman–Crippen MR) is 110 cm³/mol. The molecule has 0 spiro atoms. The summed E-state index contributed by atoms with van der Waals surface area (Å²) in [4.78, 5) is 25.0. The third-order valence-corrected chi connectivity index (χ3v) is 6.33. The van der Waals surface area contributed by atoms with Crippen LogP contribution in [0.2, 0.25) is 5.02 Å². The van der Waals surface area contributed by atoms with Gasteiger partial charge in [-0.2, -0.15) is 0 Å². The molecule has 0 unspecified atom stereocenters. The van der Waals surface area contributed by atoms with E-state index in [9.17, 15) is 9.59 Å². The molecule has 2 atom stereocenters. The summed E-state index contributed by atoms with van der Waals surface area (Å²) in [5, 5.41) is 5.61. The molecule has 144 valence electrons. The molecule has 1 saturated carbocycles. The zero-order chi connectivity index (χ0) is 19.2. The monoisotopic (exact) mass is 405 g/mol. The van der Waals surface area contributed by atoms with Gasteiger partial charge in [-0.15, -0.1) is 11.8 Å². The average molecular weight is 406 g/mol. The third kappa shape index (κ3) is 5.39. The Kier molecular flexibility index (Phi) is 7.02. The average Bonchev–Trinajstić information content (AvgIpc) is 2.66. The largest absolute Gasteiger partial charge is 0.455 e. The van der Waals surface area contributed by atoms with Crippen molar-refractivity contribution in [3.63, 3.8) is 0 Å². The van der Waals surface area contributed by atoms with E-state index in [-0.39, 0.29) is 24.3 Å². The van der Waals surface area contributed by atoms with Crippen LogP contribution in [0.1, 0.15) is 32.6 Å². The Morgan fingerprint density at radius 2 is 1.93 bits per heavy atom. The van der Waals surface area contributed by atoms with Gasteiger partial charge in [0, 0.05) is 21.3 Å². The zero-order valence-corrected chi connectivity index (χ0v) is 16.9. The van der Waals surface area contributed by atoms with Crippen LogP contribution in [0.5, 0.6) is 0 Å². The molecule has 6 heteroatoms. The van der Waals surface area contributed by atoms with E-state index in [1.165, 1.54) is 18.2 Å². The summed E-state index contributed by atoms with van der Waals surface area (Å²) in [6.07, 6.45) is 4.49. The maximum absolute atomic E-state index is 12.0. The van der Waals surface area contributed by atoms with Crippen LogP contribution in [0.3, 0.4) is 0 Å². The van der Waals surface area contributed by atoms with Crippen LogP contribution in [-0.2, 0) is 14.3 Å². The molecular weight excluding hydrogens is 382 g/mol. The number of thioether (sulfide) groups is 1. The third-order valence-electron chi connectivity index (χ3n) is 4.98.